The smallest absolute Gasteiger partial charge is 0.338 e. The van der Waals surface area contributed by atoms with Crippen LogP contribution in [-0.2, 0) is 14.3 Å². The van der Waals surface area contributed by atoms with Gasteiger partial charge in [0.2, 0.25) is 5.82 Å². The second kappa shape index (κ2) is 10.9. The molecule has 1 aromatic heterocycles. The standard InChI is InChI=1S/C24H24N2O5/c1-3-21(27)29-13-5-4-6-14-30-24(28)20-12-8-10-18(16-20)22-25-23(31-26-22)19-11-7-9-17(2)15-19/h3,7-12,15-16H,1,4-6,13-14H2,2H3. The maximum absolute atomic E-state index is 12.3. The number of nitrogens with zero attached hydrogens (tertiary/aromatic N) is 2. The van der Waals surface area contributed by atoms with E-state index in [0.29, 0.717) is 42.3 Å². The summed E-state index contributed by atoms with van der Waals surface area (Å²) in [5, 5.41) is 4.04. The fraction of sp³-hybridized carbons (Fsp3) is 0.250. The van der Waals surface area contributed by atoms with Gasteiger partial charge in [0.25, 0.3) is 5.89 Å². The van der Waals surface area contributed by atoms with Crippen LogP contribution in [0.25, 0.3) is 22.8 Å². The number of benzene rings is 2. The number of hydrogen-bond acceptors (Lipinski definition) is 7. The van der Waals surface area contributed by atoms with Crippen LogP contribution in [0.5, 0.6) is 0 Å². The Labute approximate surface area is 180 Å². The van der Waals surface area contributed by atoms with Crippen LogP contribution < -0.4 is 0 Å². The van der Waals surface area contributed by atoms with Crippen molar-refractivity contribution in [2.75, 3.05) is 13.2 Å². The molecule has 1 heterocycles. The van der Waals surface area contributed by atoms with Crippen LogP contribution in [0.2, 0.25) is 0 Å². The minimum Gasteiger partial charge on any atom is -0.463 e. The molecule has 0 radical (unpaired) electrons. The SMILES string of the molecule is C=CC(=O)OCCCCCOC(=O)c1cccc(-c2noc(-c3cccc(C)c3)n2)c1. The zero-order chi connectivity index (χ0) is 22.1. The summed E-state index contributed by atoms with van der Waals surface area (Å²) in [6.45, 7) is 5.95. The molecule has 0 N–H and O–H groups in total. The van der Waals surface area contributed by atoms with Gasteiger partial charge in [0.1, 0.15) is 0 Å². The minimum atomic E-state index is -0.432. The maximum Gasteiger partial charge on any atom is 0.338 e. The molecule has 0 saturated carbocycles. The molecule has 2 aromatic carbocycles. The van der Waals surface area contributed by atoms with Crippen molar-refractivity contribution in [1.82, 2.24) is 10.1 Å². The molecule has 3 rings (SSSR count). The summed E-state index contributed by atoms with van der Waals surface area (Å²) in [5.74, 6) is -0.0214. The Kier molecular flexibility index (Phi) is 7.70. The van der Waals surface area contributed by atoms with Crippen LogP contribution in [-0.4, -0.2) is 35.3 Å². The number of esters is 2. The summed E-state index contributed by atoms with van der Waals surface area (Å²) in [5.41, 5.74) is 3.02. The van der Waals surface area contributed by atoms with E-state index in [0.717, 1.165) is 23.6 Å². The van der Waals surface area contributed by atoms with Crippen LogP contribution in [0.4, 0.5) is 0 Å². The highest BCUT2D eigenvalue weighted by atomic mass is 16.5. The first-order valence-corrected chi connectivity index (χ1v) is 10.0. The molecule has 0 fully saturated rings. The predicted octanol–water partition coefficient (Wildman–Crippen LogP) is 4.77. The summed E-state index contributed by atoms with van der Waals surface area (Å²) < 4.78 is 15.6. The van der Waals surface area contributed by atoms with Crippen LogP contribution in [0.3, 0.4) is 0 Å². The number of aromatic nitrogens is 2. The number of carbonyl (C=O) groups is 2. The minimum absolute atomic E-state index is 0.290. The third-order valence-corrected chi connectivity index (χ3v) is 4.48. The van der Waals surface area contributed by atoms with E-state index in [-0.39, 0.29) is 6.61 Å². The van der Waals surface area contributed by atoms with E-state index < -0.39 is 11.9 Å². The summed E-state index contributed by atoms with van der Waals surface area (Å²) in [7, 11) is 0. The summed E-state index contributed by atoms with van der Waals surface area (Å²) in [4.78, 5) is 27.7. The van der Waals surface area contributed by atoms with Crippen LogP contribution in [0, 0.1) is 6.92 Å². The van der Waals surface area contributed by atoms with Gasteiger partial charge in [0.15, 0.2) is 0 Å². The van der Waals surface area contributed by atoms with Gasteiger partial charge in [-0.3, -0.25) is 0 Å². The molecule has 31 heavy (non-hydrogen) atoms. The van der Waals surface area contributed by atoms with Gasteiger partial charge < -0.3 is 14.0 Å². The number of unbranched alkanes of at least 4 members (excludes halogenated alkanes) is 2. The molecule has 0 amide bonds. The van der Waals surface area contributed by atoms with Gasteiger partial charge in [-0.15, -0.1) is 0 Å². The van der Waals surface area contributed by atoms with E-state index in [1.54, 1.807) is 18.2 Å². The molecule has 0 spiro atoms. The Bertz CT molecular complexity index is 1060. The summed E-state index contributed by atoms with van der Waals surface area (Å²) >= 11 is 0. The number of carbonyl (C=O) groups excluding carboxylic acids is 2. The van der Waals surface area contributed by atoms with E-state index in [9.17, 15) is 9.59 Å². The fourth-order valence-corrected chi connectivity index (χ4v) is 2.88. The average molecular weight is 420 g/mol. The van der Waals surface area contributed by atoms with Gasteiger partial charge in [-0.1, -0.05) is 41.6 Å². The lowest BCUT2D eigenvalue weighted by molar-refractivity contribution is -0.137. The predicted molar refractivity (Wildman–Crippen MR) is 115 cm³/mol. The van der Waals surface area contributed by atoms with Gasteiger partial charge in [0, 0.05) is 17.2 Å². The van der Waals surface area contributed by atoms with Crippen LogP contribution in [0.1, 0.15) is 35.2 Å². The van der Waals surface area contributed by atoms with E-state index >= 15 is 0 Å². The van der Waals surface area contributed by atoms with Crippen molar-refractivity contribution in [3.05, 3.63) is 72.3 Å². The molecular weight excluding hydrogens is 396 g/mol. The van der Waals surface area contributed by atoms with E-state index in [1.807, 2.05) is 37.3 Å². The second-order valence-corrected chi connectivity index (χ2v) is 6.94. The van der Waals surface area contributed by atoms with E-state index in [1.165, 1.54) is 0 Å². The molecule has 0 aliphatic heterocycles. The molecular formula is C24H24N2O5. The summed E-state index contributed by atoms with van der Waals surface area (Å²) in [6, 6.07) is 14.7. The monoisotopic (exact) mass is 420 g/mol. The average Bonchev–Trinajstić information content (AvgIpc) is 3.28. The molecule has 160 valence electrons. The Hall–Kier alpha value is -3.74. The van der Waals surface area contributed by atoms with Gasteiger partial charge in [0.05, 0.1) is 18.8 Å². The third-order valence-electron chi connectivity index (χ3n) is 4.48. The van der Waals surface area contributed by atoms with Crippen molar-refractivity contribution >= 4 is 11.9 Å². The quantitative estimate of drug-likeness (QED) is 0.265. The van der Waals surface area contributed by atoms with Crippen molar-refractivity contribution in [3.8, 4) is 22.8 Å². The zero-order valence-corrected chi connectivity index (χ0v) is 17.4. The highest BCUT2D eigenvalue weighted by Gasteiger charge is 2.13. The van der Waals surface area contributed by atoms with E-state index in [4.69, 9.17) is 14.0 Å². The Balaban J connectivity index is 1.52. The molecule has 0 saturated heterocycles. The lowest BCUT2D eigenvalue weighted by Crippen LogP contribution is -2.07. The first-order chi connectivity index (χ1) is 15.1. The molecule has 7 heteroatoms. The van der Waals surface area contributed by atoms with Crippen LogP contribution in [0.15, 0.2) is 65.7 Å². The molecule has 0 unspecified atom stereocenters. The number of ether oxygens (including phenoxy) is 2. The topological polar surface area (TPSA) is 91.5 Å². The number of aryl methyl sites for hydroxylation is 1. The van der Waals surface area contributed by atoms with Crippen molar-refractivity contribution in [1.29, 1.82) is 0 Å². The van der Waals surface area contributed by atoms with Gasteiger partial charge in [-0.05, 0) is 50.5 Å². The largest absolute Gasteiger partial charge is 0.463 e. The molecule has 7 nitrogen and oxygen atoms in total. The Morgan fingerprint density at radius 1 is 1.00 bits per heavy atom. The van der Waals surface area contributed by atoms with Gasteiger partial charge in [-0.2, -0.15) is 4.98 Å². The molecule has 0 aliphatic carbocycles. The Morgan fingerprint density at radius 3 is 2.52 bits per heavy atom. The van der Waals surface area contributed by atoms with Gasteiger partial charge in [-0.25, -0.2) is 9.59 Å². The molecule has 0 bridgehead atoms. The maximum atomic E-state index is 12.3. The highest BCUT2D eigenvalue weighted by Crippen LogP contribution is 2.23. The normalized spacial score (nSPS) is 10.5. The van der Waals surface area contributed by atoms with Crippen molar-refractivity contribution in [2.45, 2.75) is 26.2 Å². The number of hydrogen-bond donors (Lipinski definition) is 0. The fourth-order valence-electron chi connectivity index (χ4n) is 2.88. The molecule has 0 aliphatic rings. The van der Waals surface area contributed by atoms with Crippen molar-refractivity contribution < 1.29 is 23.6 Å². The van der Waals surface area contributed by atoms with Gasteiger partial charge >= 0.3 is 11.9 Å². The van der Waals surface area contributed by atoms with Crippen LogP contribution >= 0.6 is 0 Å². The number of rotatable bonds is 10. The van der Waals surface area contributed by atoms with Crippen molar-refractivity contribution in [3.63, 3.8) is 0 Å². The lowest BCUT2D eigenvalue weighted by atomic mass is 10.1. The molecule has 0 atom stereocenters. The zero-order valence-electron chi connectivity index (χ0n) is 17.4. The highest BCUT2D eigenvalue weighted by molar-refractivity contribution is 5.90. The lowest BCUT2D eigenvalue weighted by Gasteiger charge is -2.06. The third kappa shape index (κ3) is 6.37. The summed E-state index contributed by atoms with van der Waals surface area (Å²) in [6.07, 6.45) is 3.30. The Morgan fingerprint density at radius 2 is 1.74 bits per heavy atom. The first-order valence-electron chi connectivity index (χ1n) is 10.0. The molecule has 3 aromatic rings. The first kappa shape index (κ1) is 22.0. The van der Waals surface area contributed by atoms with Crippen molar-refractivity contribution in [2.24, 2.45) is 0 Å². The van der Waals surface area contributed by atoms with E-state index in [2.05, 4.69) is 16.7 Å². The second-order valence-electron chi connectivity index (χ2n) is 6.94.